The smallest absolute Gasteiger partial charge is 0.226 e. The number of carbonyl (C=O) groups excluding carboxylic acids is 1. The van der Waals surface area contributed by atoms with Crippen molar-refractivity contribution in [2.45, 2.75) is 46.1 Å². The van der Waals surface area contributed by atoms with E-state index in [0.29, 0.717) is 13.0 Å². The Hall–Kier alpha value is -2.18. The summed E-state index contributed by atoms with van der Waals surface area (Å²) in [5, 5.41) is 6.06. The van der Waals surface area contributed by atoms with Crippen LogP contribution in [0.1, 0.15) is 39.3 Å². The minimum atomic E-state index is 0.0580. The lowest BCUT2D eigenvalue weighted by atomic mass is 10.0. The molecule has 1 amide bonds. The van der Waals surface area contributed by atoms with E-state index < -0.39 is 0 Å². The van der Waals surface area contributed by atoms with Gasteiger partial charge in [0.25, 0.3) is 0 Å². The van der Waals surface area contributed by atoms with Gasteiger partial charge in [0.1, 0.15) is 10.8 Å². The van der Waals surface area contributed by atoms with Gasteiger partial charge in [0, 0.05) is 31.1 Å². The molecule has 0 bridgehead atoms. The Morgan fingerprint density at radius 3 is 2.79 bits per heavy atom. The molecular weight excluding hydrogens is 382 g/mol. The van der Waals surface area contributed by atoms with Crippen molar-refractivity contribution in [1.29, 1.82) is 0 Å². The number of aromatic nitrogens is 1. The Bertz CT molecular complexity index is 834. The first-order chi connectivity index (χ1) is 14.0. The standard InChI is InChI=1S/C23H31N3O2S/c1-4-28-21-8-6-5-7-20(21)23-25-19(16-29-23)15-22(27)24-18-10-13-26(14-11-18)12-9-17(2)3/h5-9,16,18H,4,10-15H2,1-3H3,(H,24,27). The maximum absolute atomic E-state index is 12.5. The second-order valence-corrected chi connectivity index (χ2v) is 8.53. The SMILES string of the molecule is CCOc1ccccc1-c1nc(CC(=O)NC2CCN(CC=C(C)C)CC2)cs1. The normalized spacial score (nSPS) is 15.1. The summed E-state index contributed by atoms with van der Waals surface area (Å²) in [4.78, 5) is 19.6. The van der Waals surface area contributed by atoms with Crippen LogP contribution in [0.25, 0.3) is 10.6 Å². The second-order valence-electron chi connectivity index (χ2n) is 7.67. The quantitative estimate of drug-likeness (QED) is 0.656. The third-order valence-corrected chi connectivity index (χ3v) is 5.95. The number of ether oxygens (including phenoxy) is 1. The summed E-state index contributed by atoms with van der Waals surface area (Å²) in [6, 6.07) is 8.17. The zero-order chi connectivity index (χ0) is 20.6. The predicted octanol–water partition coefficient (Wildman–Crippen LogP) is 4.30. The number of rotatable bonds is 8. The third-order valence-electron chi connectivity index (χ3n) is 5.02. The number of likely N-dealkylation sites (tertiary alicyclic amines) is 1. The van der Waals surface area contributed by atoms with Crippen molar-refractivity contribution in [3.63, 3.8) is 0 Å². The molecule has 1 aliphatic rings. The summed E-state index contributed by atoms with van der Waals surface area (Å²) in [7, 11) is 0. The maximum Gasteiger partial charge on any atom is 0.226 e. The van der Waals surface area contributed by atoms with E-state index in [1.807, 2.05) is 36.6 Å². The minimum Gasteiger partial charge on any atom is -0.493 e. The van der Waals surface area contributed by atoms with Gasteiger partial charge in [0.15, 0.2) is 0 Å². The number of hydrogen-bond acceptors (Lipinski definition) is 5. The number of nitrogens with one attached hydrogen (secondary N) is 1. The number of allylic oxidation sites excluding steroid dienone is 1. The summed E-state index contributed by atoms with van der Waals surface area (Å²) in [6.45, 7) is 9.92. The number of benzene rings is 1. The summed E-state index contributed by atoms with van der Waals surface area (Å²) in [5.74, 6) is 0.892. The summed E-state index contributed by atoms with van der Waals surface area (Å²) < 4.78 is 5.70. The Labute approximate surface area is 177 Å². The topological polar surface area (TPSA) is 54.5 Å². The van der Waals surface area contributed by atoms with E-state index >= 15 is 0 Å². The van der Waals surface area contributed by atoms with E-state index in [4.69, 9.17) is 4.74 Å². The molecule has 1 aromatic heterocycles. The molecular formula is C23H31N3O2S. The molecule has 1 aliphatic heterocycles. The average molecular weight is 414 g/mol. The highest BCUT2D eigenvalue weighted by molar-refractivity contribution is 7.13. The number of nitrogens with zero attached hydrogens (tertiary/aromatic N) is 2. The van der Waals surface area contributed by atoms with Gasteiger partial charge in [-0.25, -0.2) is 4.98 Å². The Kier molecular flexibility index (Phi) is 7.83. The molecule has 5 nitrogen and oxygen atoms in total. The van der Waals surface area contributed by atoms with Gasteiger partial charge in [-0.3, -0.25) is 9.69 Å². The lowest BCUT2D eigenvalue weighted by Crippen LogP contribution is -2.45. The second kappa shape index (κ2) is 10.6. The van der Waals surface area contributed by atoms with E-state index in [1.165, 1.54) is 5.57 Å². The fourth-order valence-electron chi connectivity index (χ4n) is 3.45. The molecule has 0 aliphatic carbocycles. The van der Waals surface area contributed by atoms with Crippen molar-refractivity contribution >= 4 is 17.2 Å². The fourth-order valence-corrected chi connectivity index (χ4v) is 4.30. The molecule has 1 fully saturated rings. The summed E-state index contributed by atoms with van der Waals surface area (Å²) in [6.07, 6.45) is 4.60. The van der Waals surface area contributed by atoms with E-state index in [9.17, 15) is 4.79 Å². The lowest BCUT2D eigenvalue weighted by molar-refractivity contribution is -0.121. The summed E-state index contributed by atoms with van der Waals surface area (Å²) >= 11 is 1.56. The molecule has 0 radical (unpaired) electrons. The van der Waals surface area contributed by atoms with Crippen molar-refractivity contribution < 1.29 is 9.53 Å². The van der Waals surface area contributed by atoms with Crippen LogP contribution in [0.5, 0.6) is 5.75 Å². The Morgan fingerprint density at radius 2 is 2.07 bits per heavy atom. The number of hydrogen-bond donors (Lipinski definition) is 1. The highest BCUT2D eigenvalue weighted by Gasteiger charge is 2.20. The first-order valence-corrected chi connectivity index (χ1v) is 11.2. The number of para-hydroxylation sites is 1. The molecule has 6 heteroatoms. The molecule has 0 spiro atoms. The van der Waals surface area contributed by atoms with Gasteiger partial charge in [-0.05, 0) is 45.7 Å². The molecule has 156 valence electrons. The molecule has 29 heavy (non-hydrogen) atoms. The molecule has 2 aromatic rings. The van der Waals surface area contributed by atoms with Gasteiger partial charge in [0.2, 0.25) is 5.91 Å². The van der Waals surface area contributed by atoms with Gasteiger partial charge < -0.3 is 10.1 Å². The highest BCUT2D eigenvalue weighted by atomic mass is 32.1. The van der Waals surface area contributed by atoms with Gasteiger partial charge >= 0.3 is 0 Å². The molecule has 1 N–H and O–H groups in total. The molecule has 0 atom stereocenters. The fraction of sp³-hybridized carbons (Fsp3) is 0.478. The minimum absolute atomic E-state index is 0.0580. The molecule has 1 saturated heterocycles. The van der Waals surface area contributed by atoms with E-state index in [1.54, 1.807) is 11.3 Å². The molecule has 0 unspecified atom stereocenters. The van der Waals surface area contributed by atoms with E-state index in [0.717, 1.165) is 54.5 Å². The third kappa shape index (κ3) is 6.41. The van der Waals surface area contributed by atoms with Gasteiger partial charge in [-0.15, -0.1) is 11.3 Å². The van der Waals surface area contributed by atoms with Crippen LogP contribution in [0.2, 0.25) is 0 Å². The Morgan fingerprint density at radius 1 is 1.31 bits per heavy atom. The zero-order valence-electron chi connectivity index (χ0n) is 17.6. The largest absolute Gasteiger partial charge is 0.493 e. The molecule has 3 rings (SSSR count). The highest BCUT2D eigenvalue weighted by Crippen LogP contribution is 2.32. The number of amides is 1. The van der Waals surface area contributed by atoms with Crippen LogP contribution in [0.15, 0.2) is 41.3 Å². The first-order valence-electron chi connectivity index (χ1n) is 10.4. The predicted molar refractivity (Wildman–Crippen MR) is 119 cm³/mol. The van der Waals surface area contributed by atoms with E-state index in [-0.39, 0.29) is 11.9 Å². The van der Waals surface area contributed by atoms with Crippen LogP contribution in [0.3, 0.4) is 0 Å². The van der Waals surface area contributed by atoms with Crippen LogP contribution in [0.4, 0.5) is 0 Å². The van der Waals surface area contributed by atoms with Gasteiger partial charge in [0.05, 0.1) is 24.3 Å². The van der Waals surface area contributed by atoms with Crippen molar-refractivity contribution in [3.05, 3.63) is 47.0 Å². The van der Waals surface area contributed by atoms with Crippen molar-refractivity contribution in [2.24, 2.45) is 0 Å². The van der Waals surface area contributed by atoms with Crippen LogP contribution >= 0.6 is 11.3 Å². The lowest BCUT2D eigenvalue weighted by Gasteiger charge is -2.31. The van der Waals surface area contributed by atoms with E-state index in [2.05, 4.69) is 35.1 Å². The first kappa shape index (κ1) is 21.5. The number of thiazole rings is 1. The monoisotopic (exact) mass is 413 g/mol. The van der Waals surface area contributed by atoms with Gasteiger partial charge in [-0.2, -0.15) is 0 Å². The average Bonchev–Trinajstić information content (AvgIpc) is 3.16. The Balaban J connectivity index is 1.51. The summed E-state index contributed by atoms with van der Waals surface area (Å²) in [5.41, 5.74) is 3.15. The van der Waals surface area contributed by atoms with Crippen LogP contribution in [0, 0.1) is 0 Å². The number of piperidine rings is 1. The molecule has 0 saturated carbocycles. The molecule has 2 heterocycles. The van der Waals surface area contributed by atoms with Crippen molar-refractivity contribution in [2.75, 3.05) is 26.2 Å². The number of carbonyl (C=O) groups is 1. The van der Waals surface area contributed by atoms with Crippen molar-refractivity contribution in [3.8, 4) is 16.3 Å². The molecule has 1 aromatic carbocycles. The van der Waals surface area contributed by atoms with Crippen LogP contribution in [-0.2, 0) is 11.2 Å². The zero-order valence-corrected chi connectivity index (χ0v) is 18.4. The van der Waals surface area contributed by atoms with Crippen LogP contribution < -0.4 is 10.1 Å². The van der Waals surface area contributed by atoms with Crippen LogP contribution in [-0.4, -0.2) is 48.1 Å². The van der Waals surface area contributed by atoms with Gasteiger partial charge in [-0.1, -0.05) is 23.8 Å². The van der Waals surface area contributed by atoms with Crippen molar-refractivity contribution in [1.82, 2.24) is 15.2 Å². The maximum atomic E-state index is 12.5.